The molecule has 0 unspecified atom stereocenters. The van der Waals surface area contributed by atoms with Crippen LogP contribution in [0.25, 0.3) is 0 Å². The molecule has 1 aliphatic rings. The van der Waals surface area contributed by atoms with Gasteiger partial charge in [-0.3, -0.25) is 4.90 Å². The van der Waals surface area contributed by atoms with E-state index in [0.717, 1.165) is 13.1 Å². The Hall–Kier alpha value is -0.660. The lowest BCUT2D eigenvalue weighted by Gasteiger charge is -2.36. The van der Waals surface area contributed by atoms with E-state index in [1.165, 1.54) is 12.1 Å². The molecule has 2 nitrogen and oxygen atoms in total. The van der Waals surface area contributed by atoms with Crippen molar-refractivity contribution in [3.05, 3.63) is 34.1 Å². The minimum atomic E-state index is -4.20. The summed E-state index contributed by atoms with van der Waals surface area (Å²) in [6.07, 6.45) is -5.14. The molecule has 0 radical (unpaired) electrons. The molecule has 0 saturated carbocycles. The number of hydrogen-bond donors (Lipinski definition) is 1. The van der Waals surface area contributed by atoms with Gasteiger partial charge in [-0.15, -0.1) is 0 Å². The van der Waals surface area contributed by atoms with Crippen molar-refractivity contribution < 1.29 is 17.6 Å². The SMILES string of the molecule is Fc1cccc([C@@H](CCC(F)(F)F)N2CCNCC2)c1Br. The molecule has 118 valence electrons. The van der Waals surface area contributed by atoms with Gasteiger partial charge in [-0.2, -0.15) is 13.2 Å². The normalized spacial score (nSPS) is 18.7. The number of hydrogen-bond acceptors (Lipinski definition) is 2. The van der Waals surface area contributed by atoms with Gasteiger partial charge in [0.1, 0.15) is 5.82 Å². The van der Waals surface area contributed by atoms with Crippen LogP contribution in [0.2, 0.25) is 0 Å². The van der Waals surface area contributed by atoms with Gasteiger partial charge in [0.2, 0.25) is 0 Å². The zero-order valence-corrected chi connectivity index (χ0v) is 13.0. The van der Waals surface area contributed by atoms with Crippen LogP contribution in [0.5, 0.6) is 0 Å². The Balaban J connectivity index is 2.23. The third-order valence-electron chi connectivity index (χ3n) is 3.63. The van der Waals surface area contributed by atoms with Crippen molar-refractivity contribution in [1.29, 1.82) is 0 Å². The second-order valence-electron chi connectivity index (χ2n) is 5.10. The first kappa shape index (κ1) is 16.7. The van der Waals surface area contributed by atoms with Crippen molar-refractivity contribution in [2.75, 3.05) is 26.2 Å². The van der Waals surface area contributed by atoms with E-state index in [1.807, 2.05) is 4.90 Å². The molecule has 1 aromatic carbocycles. The number of alkyl halides is 3. The summed E-state index contributed by atoms with van der Waals surface area (Å²) in [6, 6.07) is 4.10. The van der Waals surface area contributed by atoms with Crippen LogP contribution >= 0.6 is 15.9 Å². The zero-order chi connectivity index (χ0) is 15.5. The van der Waals surface area contributed by atoms with E-state index < -0.39 is 24.5 Å². The monoisotopic (exact) mass is 368 g/mol. The van der Waals surface area contributed by atoms with Crippen LogP contribution < -0.4 is 5.32 Å². The Morgan fingerprint density at radius 2 is 1.90 bits per heavy atom. The molecule has 1 aliphatic heterocycles. The summed E-state index contributed by atoms with van der Waals surface area (Å²) in [5.74, 6) is -0.445. The van der Waals surface area contributed by atoms with Gasteiger partial charge < -0.3 is 5.32 Å². The molecule has 0 bridgehead atoms. The molecule has 0 amide bonds. The van der Waals surface area contributed by atoms with E-state index in [4.69, 9.17) is 0 Å². The lowest BCUT2D eigenvalue weighted by molar-refractivity contribution is -0.138. The van der Waals surface area contributed by atoms with Gasteiger partial charge in [-0.25, -0.2) is 4.39 Å². The lowest BCUT2D eigenvalue weighted by atomic mass is 9.99. The molecule has 0 spiro atoms. The molecule has 1 aromatic rings. The van der Waals surface area contributed by atoms with Crippen molar-refractivity contribution >= 4 is 15.9 Å². The highest BCUT2D eigenvalue weighted by atomic mass is 79.9. The predicted molar refractivity (Wildman–Crippen MR) is 76.6 cm³/mol. The fourth-order valence-electron chi connectivity index (χ4n) is 2.61. The fourth-order valence-corrected chi connectivity index (χ4v) is 3.14. The van der Waals surface area contributed by atoms with Crippen molar-refractivity contribution in [2.45, 2.75) is 25.1 Å². The van der Waals surface area contributed by atoms with Crippen LogP contribution in [0.15, 0.2) is 22.7 Å². The maximum absolute atomic E-state index is 13.7. The maximum atomic E-state index is 13.7. The first-order chi connectivity index (χ1) is 9.88. The van der Waals surface area contributed by atoms with Crippen molar-refractivity contribution in [2.24, 2.45) is 0 Å². The summed E-state index contributed by atoms with van der Waals surface area (Å²) in [5, 5.41) is 3.17. The van der Waals surface area contributed by atoms with Crippen LogP contribution in [0.4, 0.5) is 17.6 Å². The van der Waals surface area contributed by atoms with Crippen LogP contribution in [0.1, 0.15) is 24.4 Å². The lowest BCUT2D eigenvalue weighted by Crippen LogP contribution is -2.45. The van der Waals surface area contributed by atoms with Crippen molar-refractivity contribution in [1.82, 2.24) is 10.2 Å². The molecule has 1 atom stereocenters. The Bertz CT molecular complexity index is 473. The van der Waals surface area contributed by atoms with E-state index in [-0.39, 0.29) is 10.9 Å². The third kappa shape index (κ3) is 4.66. The molecular weight excluding hydrogens is 352 g/mol. The minimum absolute atomic E-state index is 0.0639. The number of piperazine rings is 1. The van der Waals surface area contributed by atoms with Crippen LogP contribution in [0, 0.1) is 5.82 Å². The second-order valence-corrected chi connectivity index (χ2v) is 5.89. The molecule has 1 heterocycles. The summed E-state index contributed by atoms with van der Waals surface area (Å²) in [6.45, 7) is 2.78. The zero-order valence-electron chi connectivity index (χ0n) is 11.4. The topological polar surface area (TPSA) is 15.3 Å². The largest absolute Gasteiger partial charge is 0.389 e. The number of nitrogens with zero attached hydrogens (tertiary/aromatic N) is 1. The highest BCUT2D eigenvalue weighted by molar-refractivity contribution is 9.10. The van der Waals surface area contributed by atoms with Crippen LogP contribution in [-0.2, 0) is 0 Å². The number of benzene rings is 1. The van der Waals surface area contributed by atoms with E-state index in [1.54, 1.807) is 6.07 Å². The van der Waals surface area contributed by atoms with Gasteiger partial charge in [-0.05, 0) is 34.0 Å². The van der Waals surface area contributed by atoms with E-state index >= 15 is 0 Å². The Morgan fingerprint density at radius 3 is 2.52 bits per heavy atom. The Morgan fingerprint density at radius 1 is 1.24 bits per heavy atom. The van der Waals surface area contributed by atoms with Crippen LogP contribution in [-0.4, -0.2) is 37.3 Å². The Kier molecular flexibility index (Phi) is 5.62. The van der Waals surface area contributed by atoms with Crippen LogP contribution in [0.3, 0.4) is 0 Å². The molecular formula is C14H17BrF4N2. The first-order valence-corrected chi connectivity index (χ1v) is 7.63. The number of rotatable bonds is 4. The average Bonchev–Trinajstić information content (AvgIpc) is 2.43. The Labute approximate surface area is 129 Å². The third-order valence-corrected chi connectivity index (χ3v) is 4.47. The van der Waals surface area contributed by atoms with Gasteiger partial charge >= 0.3 is 6.18 Å². The quantitative estimate of drug-likeness (QED) is 0.811. The van der Waals surface area contributed by atoms with Crippen molar-refractivity contribution in [3.63, 3.8) is 0 Å². The molecule has 1 saturated heterocycles. The summed E-state index contributed by atoms with van der Waals surface area (Å²) in [7, 11) is 0. The molecule has 0 aromatic heterocycles. The number of halogens is 5. The first-order valence-electron chi connectivity index (χ1n) is 6.84. The maximum Gasteiger partial charge on any atom is 0.389 e. The smallest absolute Gasteiger partial charge is 0.314 e. The van der Waals surface area contributed by atoms with Gasteiger partial charge in [0.15, 0.2) is 0 Å². The van der Waals surface area contributed by atoms with E-state index in [0.29, 0.717) is 18.7 Å². The molecule has 0 aliphatic carbocycles. The van der Waals surface area contributed by atoms with Crippen molar-refractivity contribution in [3.8, 4) is 0 Å². The average molecular weight is 369 g/mol. The summed E-state index contributed by atoms with van der Waals surface area (Å²) < 4.78 is 51.6. The number of nitrogens with one attached hydrogen (secondary N) is 1. The van der Waals surface area contributed by atoms with Gasteiger partial charge in [0.05, 0.1) is 4.47 Å². The molecule has 21 heavy (non-hydrogen) atoms. The second kappa shape index (κ2) is 7.07. The fraction of sp³-hybridized carbons (Fsp3) is 0.571. The highest BCUT2D eigenvalue weighted by Gasteiger charge is 2.32. The predicted octanol–water partition coefficient (Wildman–Crippen LogP) is 3.88. The standard InChI is InChI=1S/C14H17BrF4N2/c15-13-10(2-1-3-11(13)16)12(4-5-14(17,18)19)21-8-6-20-7-9-21/h1-3,12,20H,4-9H2/t12-/m1/s1. The van der Waals surface area contributed by atoms with Gasteiger partial charge in [0, 0.05) is 38.6 Å². The van der Waals surface area contributed by atoms with Gasteiger partial charge in [-0.1, -0.05) is 12.1 Å². The minimum Gasteiger partial charge on any atom is -0.314 e. The summed E-state index contributed by atoms with van der Waals surface area (Å²) in [4.78, 5) is 1.99. The molecule has 2 rings (SSSR count). The summed E-state index contributed by atoms with van der Waals surface area (Å²) in [5.41, 5.74) is 0.584. The molecule has 1 N–H and O–H groups in total. The molecule has 7 heteroatoms. The summed E-state index contributed by atoms with van der Waals surface area (Å²) >= 11 is 3.17. The van der Waals surface area contributed by atoms with E-state index in [2.05, 4.69) is 21.2 Å². The van der Waals surface area contributed by atoms with Gasteiger partial charge in [0.25, 0.3) is 0 Å². The highest BCUT2D eigenvalue weighted by Crippen LogP contribution is 2.35. The van der Waals surface area contributed by atoms with E-state index in [9.17, 15) is 17.6 Å². The molecule has 1 fully saturated rings.